The van der Waals surface area contributed by atoms with Gasteiger partial charge in [0.15, 0.2) is 5.65 Å². The summed E-state index contributed by atoms with van der Waals surface area (Å²) in [6.45, 7) is 9.03. The molecule has 1 N–H and O–H groups in total. The average molecular weight is 336 g/mol. The molecule has 0 aliphatic heterocycles. The lowest BCUT2D eigenvalue weighted by Gasteiger charge is -2.12. The minimum Gasteiger partial charge on any atom is -0.296 e. The number of hydrogen-bond acceptors (Lipinski definition) is 3. The predicted molar refractivity (Wildman–Crippen MR) is 101 cm³/mol. The number of nitrogens with zero attached hydrogens (tertiary/aromatic N) is 3. The van der Waals surface area contributed by atoms with Gasteiger partial charge in [-0.15, -0.1) is 0 Å². The van der Waals surface area contributed by atoms with Crippen molar-refractivity contribution in [3.63, 3.8) is 0 Å². The normalized spacial score (nSPS) is 11.2. The van der Waals surface area contributed by atoms with E-state index < -0.39 is 0 Å². The topological polar surface area (TPSA) is 59.8 Å². The maximum absolute atomic E-state index is 12.5. The Bertz CT molecular complexity index is 894. The molecule has 0 aliphatic carbocycles. The predicted octanol–water partition coefficient (Wildman–Crippen LogP) is 3.89. The number of imidazole rings is 1. The summed E-state index contributed by atoms with van der Waals surface area (Å²) in [7, 11) is 0. The van der Waals surface area contributed by atoms with E-state index in [1.54, 1.807) is 0 Å². The van der Waals surface area contributed by atoms with E-state index in [2.05, 4.69) is 29.1 Å². The zero-order chi connectivity index (χ0) is 18.0. The van der Waals surface area contributed by atoms with Gasteiger partial charge in [-0.1, -0.05) is 43.7 Å². The van der Waals surface area contributed by atoms with Crippen LogP contribution in [0.3, 0.4) is 0 Å². The first-order chi connectivity index (χ1) is 11.9. The SMILES string of the molecule is Cc1ccc(CC(=O)Nc2nc3ccc(C)nc3n2CC(C)C)cc1. The van der Waals surface area contributed by atoms with Gasteiger partial charge in [0.05, 0.1) is 6.42 Å². The molecule has 2 heterocycles. The Kier molecular flexibility index (Phi) is 4.83. The van der Waals surface area contributed by atoms with Crippen LogP contribution >= 0.6 is 0 Å². The van der Waals surface area contributed by atoms with Gasteiger partial charge < -0.3 is 0 Å². The van der Waals surface area contributed by atoms with Gasteiger partial charge in [-0.3, -0.25) is 14.7 Å². The molecular weight excluding hydrogens is 312 g/mol. The van der Waals surface area contributed by atoms with E-state index in [0.717, 1.165) is 29.0 Å². The van der Waals surface area contributed by atoms with E-state index in [4.69, 9.17) is 0 Å². The highest BCUT2D eigenvalue weighted by molar-refractivity contribution is 5.92. The van der Waals surface area contributed by atoms with Gasteiger partial charge in [-0.05, 0) is 37.5 Å². The van der Waals surface area contributed by atoms with Crippen LogP contribution in [0.15, 0.2) is 36.4 Å². The lowest BCUT2D eigenvalue weighted by atomic mass is 10.1. The lowest BCUT2D eigenvalue weighted by Crippen LogP contribution is -2.19. The average Bonchev–Trinajstić information content (AvgIpc) is 2.86. The first-order valence-electron chi connectivity index (χ1n) is 8.61. The number of fused-ring (bicyclic) bond motifs is 1. The van der Waals surface area contributed by atoms with Gasteiger partial charge >= 0.3 is 0 Å². The molecule has 0 unspecified atom stereocenters. The number of anilines is 1. The summed E-state index contributed by atoms with van der Waals surface area (Å²) in [5.74, 6) is 0.923. The third-order valence-electron chi connectivity index (χ3n) is 4.02. The first-order valence-corrected chi connectivity index (χ1v) is 8.61. The molecule has 25 heavy (non-hydrogen) atoms. The van der Waals surface area contributed by atoms with Crippen molar-refractivity contribution < 1.29 is 4.79 Å². The molecule has 0 fully saturated rings. The number of rotatable bonds is 5. The Morgan fingerprint density at radius 2 is 1.80 bits per heavy atom. The van der Waals surface area contributed by atoms with Crippen LogP contribution in [0, 0.1) is 19.8 Å². The van der Waals surface area contributed by atoms with Crippen molar-refractivity contribution in [2.45, 2.75) is 40.7 Å². The van der Waals surface area contributed by atoms with E-state index in [-0.39, 0.29) is 5.91 Å². The van der Waals surface area contributed by atoms with Crippen molar-refractivity contribution in [1.82, 2.24) is 14.5 Å². The third kappa shape index (κ3) is 4.05. The highest BCUT2D eigenvalue weighted by atomic mass is 16.1. The van der Waals surface area contributed by atoms with Crippen molar-refractivity contribution in [2.24, 2.45) is 5.92 Å². The Hall–Kier alpha value is -2.69. The Morgan fingerprint density at radius 1 is 1.08 bits per heavy atom. The lowest BCUT2D eigenvalue weighted by molar-refractivity contribution is -0.115. The van der Waals surface area contributed by atoms with Crippen molar-refractivity contribution in [3.8, 4) is 0 Å². The van der Waals surface area contributed by atoms with Crippen LogP contribution in [-0.2, 0) is 17.8 Å². The van der Waals surface area contributed by atoms with Crippen molar-refractivity contribution >= 4 is 23.0 Å². The van der Waals surface area contributed by atoms with E-state index in [0.29, 0.717) is 18.3 Å². The number of aromatic nitrogens is 3. The number of hydrogen-bond donors (Lipinski definition) is 1. The van der Waals surface area contributed by atoms with Crippen LogP contribution in [0.2, 0.25) is 0 Å². The molecule has 2 aromatic heterocycles. The van der Waals surface area contributed by atoms with Crippen molar-refractivity contribution in [1.29, 1.82) is 0 Å². The molecule has 0 radical (unpaired) electrons. The van der Waals surface area contributed by atoms with Crippen molar-refractivity contribution in [2.75, 3.05) is 5.32 Å². The fraction of sp³-hybridized carbons (Fsp3) is 0.350. The molecule has 0 saturated heterocycles. The molecular formula is C20H24N4O. The Labute approximate surface area is 148 Å². The minimum atomic E-state index is -0.0686. The summed E-state index contributed by atoms with van der Waals surface area (Å²) in [4.78, 5) is 21.6. The molecule has 1 amide bonds. The number of benzene rings is 1. The second-order valence-electron chi connectivity index (χ2n) is 6.95. The molecule has 0 atom stereocenters. The summed E-state index contributed by atoms with van der Waals surface area (Å²) >= 11 is 0. The van der Waals surface area contributed by atoms with E-state index in [1.165, 1.54) is 5.56 Å². The zero-order valence-corrected chi connectivity index (χ0v) is 15.2. The van der Waals surface area contributed by atoms with Crippen LogP contribution in [0.25, 0.3) is 11.2 Å². The fourth-order valence-electron chi connectivity index (χ4n) is 2.79. The zero-order valence-electron chi connectivity index (χ0n) is 15.2. The molecule has 130 valence electrons. The number of aryl methyl sites for hydroxylation is 2. The summed E-state index contributed by atoms with van der Waals surface area (Å²) in [6.07, 6.45) is 0.331. The number of amides is 1. The molecule has 1 aromatic carbocycles. The van der Waals surface area contributed by atoms with Gasteiger partial charge in [0.2, 0.25) is 11.9 Å². The smallest absolute Gasteiger partial charge is 0.231 e. The molecule has 5 nitrogen and oxygen atoms in total. The van der Waals surface area contributed by atoms with Crippen LogP contribution in [0.5, 0.6) is 0 Å². The minimum absolute atomic E-state index is 0.0686. The van der Waals surface area contributed by atoms with E-state index in [1.807, 2.05) is 54.8 Å². The maximum atomic E-state index is 12.5. The molecule has 5 heteroatoms. The number of carbonyl (C=O) groups is 1. The summed E-state index contributed by atoms with van der Waals surface area (Å²) in [5.41, 5.74) is 4.74. The molecule has 3 rings (SSSR count). The fourth-order valence-corrected chi connectivity index (χ4v) is 2.79. The van der Waals surface area contributed by atoms with Crippen LogP contribution < -0.4 is 5.32 Å². The summed E-state index contributed by atoms with van der Waals surface area (Å²) < 4.78 is 2.00. The monoisotopic (exact) mass is 336 g/mol. The summed E-state index contributed by atoms with van der Waals surface area (Å²) in [6, 6.07) is 11.9. The van der Waals surface area contributed by atoms with Gasteiger partial charge in [0.1, 0.15) is 5.52 Å². The highest BCUT2D eigenvalue weighted by Gasteiger charge is 2.15. The van der Waals surface area contributed by atoms with Gasteiger partial charge in [-0.25, -0.2) is 9.97 Å². The largest absolute Gasteiger partial charge is 0.296 e. The Morgan fingerprint density at radius 3 is 2.48 bits per heavy atom. The van der Waals surface area contributed by atoms with Gasteiger partial charge in [-0.2, -0.15) is 0 Å². The Balaban J connectivity index is 1.86. The van der Waals surface area contributed by atoms with Crippen LogP contribution in [0.4, 0.5) is 5.95 Å². The number of carbonyl (C=O) groups excluding carboxylic acids is 1. The molecule has 3 aromatic rings. The first kappa shape index (κ1) is 17.1. The van der Waals surface area contributed by atoms with E-state index in [9.17, 15) is 4.79 Å². The van der Waals surface area contributed by atoms with Crippen LogP contribution in [-0.4, -0.2) is 20.4 Å². The van der Waals surface area contributed by atoms with E-state index >= 15 is 0 Å². The van der Waals surface area contributed by atoms with Gasteiger partial charge in [0.25, 0.3) is 0 Å². The standard InChI is InChI=1S/C20H24N4O/c1-13(2)12-24-19-17(10-7-15(4)21-19)22-20(24)23-18(25)11-16-8-5-14(3)6-9-16/h5-10,13H,11-12H2,1-4H3,(H,22,23,25). The number of nitrogens with one attached hydrogen (secondary N) is 1. The second-order valence-corrected chi connectivity index (χ2v) is 6.95. The van der Waals surface area contributed by atoms with Crippen molar-refractivity contribution in [3.05, 3.63) is 53.2 Å². The third-order valence-corrected chi connectivity index (χ3v) is 4.02. The summed E-state index contributed by atoms with van der Waals surface area (Å²) in [5, 5.41) is 2.96. The number of pyridine rings is 1. The second kappa shape index (κ2) is 7.05. The quantitative estimate of drug-likeness (QED) is 0.769. The molecule has 0 bridgehead atoms. The maximum Gasteiger partial charge on any atom is 0.231 e. The molecule has 0 aliphatic rings. The van der Waals surface area contributed by atoms with Crippen LogP contribution in [0.1, 0.15) is 30.7 Å². The van der Waals surface area contributed by atoms with Gasteiger partial charge in [0, 0.05) is 12.2 Å². The molecule has 0 saturated carbocycles. The molecule has 0 spiro atoms. The highest BCUT2D eigenvalue weighted by Crippen LogP contribution is 2.20.